The van der Waals surface area contributed by atoms with Gasteiger partial charge in [0.05, 0.1) is 26.3 Å². The Kier molecular flexibility index (Phi) is 5.40. The summed E-state index contributed by atoms with van der Waals surface area (Å²) in [5, 5.41) is 0.647. The highest BCUT2D eigenvalue weighted by atomic mass is 19.1. The van der Waals surface area contributed by atoms with E-state index < -0.39 is 11.8 Å². The van der Waals surface area contributed by atoms with E-state index in [1.54, 1.807) is 31.3 Å². The van der Waals surface area contributed by atoms with Gasteiger partial charge in [0.1, 0.15) is 22.9 Å². The van der Waals surface area contributed by atoms with Gasteiger partial charge in [-0.05, 0) is 37.3 Å². The van der Waals surface area contributed by atoms with Crippen molar-refractivity contribution >= 4 is 16.9 Å². The quantitative estimate of drug-likeness (QED) is 0.600. The molecule has 0 aliphatic carbocycles. The molecule has 0 saturated heterocycles. The number of carbonyl (C=O) groups is 1. The molecule has 0 amide bonds. The second kappa shape index (κ2) is 7.90. The van der Waals surface area contributed by atoms with Crippen molar-refractivity contribution in [2.45, 2.75) is 6.92 Å². The van der Waals surface area contributed by atoms with Gasteiger partial charge in [0.15, 0.2) is 11.5 Å². The minimum atomic E-state index is -0.662. The molecular formula is C20H18FNO5. The number of methoxy groups -OCH3 is 2. The standard InChI is InChI=1S/C20H18FNO5/c1-4-26-20(23)14-9-12(21)5-6-16(14)27-17-7-8-22-15-11-19(25-3)18(24-2)10-13(15)17/h5-11H,4H2,1-3H3. The van der Waals surface area contributed by atoms with Gasteiger partial charge in [-0.25, -0.2) is 9.18 Å². The summed E-state index contributed by atoms with van der Waals surface area (Å²) >= 11 is 0. The first-order valence-electron chi connectivity index (χ1n) is 8.22. The van der Waals surface area contributed by atoms with Gasteiger partial charge in [0.25, 0.3) is 0 Å². The zero-order valence-electron chi connectivity index (χ0n) is 15.1. The lowest BCUT2D eigenvalue weighted by Crippen LogP contribution is -2.07. The predicted molar refractivity (Wildman–Crippen MR) is 97.3 cm³/mol. The van der Waals surface area contributed by atoms with Crippen LogP contribution in [0.4, 0.5) is 4.39 Å². The average Bonchev–Trinajstić information content (AvgIpc) is 2.68. The Morgan fingerprint density at radius 3 is 2.44 bits per heavy atom. The van der Waals surface area contributed by atoms with Crippen molar-refractivity contribution in [3.8, 4) is 23.0 Å². The SMILES string of the molecule is CCOC(=O)c1cc(F)ccc1Oc1ccnc2cc(OC)c(OC)cc12. The Morgan fingerprint density at radius 1 is 1.00 bits per heavy atom. The molecule has 1 heterocycles. The maximum Gasteiger partial charge on any atom is 0.342 e. The molecule has 3 rings (SSSR count). The van der Waals surface area contributed by atoms with E-state index in [1.807, 2.05) is 0 Å². The molecule has 0 saturated carbocycles. The highest BCUT2D eigenvalue weighted by molar-refractivity contribution is 5.93. The lowest BCUT2D eigenvalue weighted by Gasteiger charge is -2.14. The van der Waals surface area contributed by atoms with Crippen LogP contribution in [0.15, 0.2) is 42.6 Å². The molecule has 0 bridgehead atoms. The van der Waals surface area contributed by atoms with Crippen molar-refractivity contribution in [3.05, 3.63) is 54.0 Å². The zero-order valence-corrected chi connectivity index (χ0v) is 15.1. The van der Waals surface area contributed by atoms with E-state index in [1.165, 1.54) is 26.4 Å². The lowest BCUT2D eigenvalue weighted by molar-refractivity contribution is 0.0523. The van der Waals surface area contributed by atoms with Crippen LogP contribution in [0.3, 0.4) is 0 Å². The molecule has 1 aromatic heterocycles. The van der Waals surface area contributed by atoms with Crippen LogP contribution in [-0.4, -0.2) is 31.8 Å². The van der Waals surface area contributed by atoms with Gasteiger partial charge in [-0.3, -0.25) is 4.98 Å². The van der Waals surface area contributed by atoms with Crippen LogP contribution in [-0.2, 0) is 4.74 Å². The van der Waals surface area contributed by atoms with Gasteiger partial charge in [-0.1, -0.05) is 0 Å². The zero-order chi connectivity index (χ0) is 19.4. The van der Waals surface area contributed by atoms with Crippen LogP contribution in [0.1, 0.15) is 17.3 Å². The number of esters is 1. The Hall–Kier alpha value is -3.35. The third-order valence-electron chi connectivity index (χ3n) is 3.86. The number of halogens is 1. The molecule has 0 radical (unpaired) electrons. The fourth-order valence-corrected chi connectivity index (χ4v) is 2.61. The van der Waals surface area contributed by atoms with Crippen LogP contribution in [0.25, 0.3) is 10.9 Å². The first-order chi connectivity index (χ1) is 13.1. The Morgan fingerprint density at radius 2 is 1.74 bits per heavy atom. The Labute approximate surface area is 155 Å². The van der Waals surface area contributed by atoms with Gasteiger partial charge in [0, 0.05) is 17.6 Å². The number of rotatable bonds is 6. The number of aromatic nitrogens is 1. The van der Waals surface area contributed by atoms with Crippen LogP contribution in [0, 0.1) is 5.82 Å². The topological polar surface area (TPSA) is 66.9 Å². The van der Waals surface area contributed by atoms with E-state index in [0.717, 1.165) is 6.07 Å². The minimum Gasteiger partial charge on any atom is -0.493 e. The largest absolute Gasteiger partial charge is 0.493 e. The monoisotopic (exact) mass is 371 g/mol. The van der Waals surface area contributed by atoms with E-state index in [2.05, 4.69) is 4.98 Å². The fourth-order valence-electron chi connectivity index (χ4n) is 2.61. The third-order valence-corrected chi connectivity index (χ3v) is 3.86. The summed E-state index contributed by atoms with van der Waals surface area (Å²) in [5.74, 6) is 0.424. The molecule has 0 N–H and O–H groups in total. The van der Waals surface area contributed by atoms with Crippen LogP contribution in [0.2, 0.25) is 0 Å². The van der Waals surface area contributed by atoms with Gasteiger partial charge in [-0.2, -0.15) is 0 Å². The molecule has 6 nitrogen and oxygen atoms in total. The second-order valence-electron chi connectivity index (χ2n) is 5.50. The minimum absolute atomic E-state index is 0.00212. The molecular weight excluding hydrogens is 353 g/mol. The smallest absolute Gasteiger partial charge is 0.342 e. The van der Waals surface area contributed by atoms with Crippen LogP contribution >= 0.6 is 0 Å². The number of fused-ring (bicyclic) bond motifs is 1. The lowest BCUT2D eigenvalue weighted by atomic mass is 10.1. The maximum absolute atomic E-state index is 13.6. The Bertz CT molecular complexity index is 990. The highest BCUT2D eigenvalue weighted by Crippen LogP contribution is 2.37. The van der Waals surface area contributed by atoms with Gasteiger partial charge < -0.3 is 18.9 Å². The number of ether oxygens (including phenoxy) is 4. The molecule has 0 aliphatic heterocycles. The third kappa shape index (κ3) is 3.76. The summed E-state index contributed by atoms with van der Waals surface area (Å²) in [4.78, 5) is 16.4. The summed E-state index contributed by atoms with van der Waals surface area (Å²) in [5.41, 5.74) is 0.618. The molecule has 0 atom stereocenters. The molecule has 140 valence electrons. The first-order valence-corrected chi connectivity index (χ1v) is 8.22. The normalized spacial score (nSPS) is 10.5. The molecule has 3 aromatic rings. The van der Waals surface area contributed by atoms with Gasteiger partial charge >= 0.3 is 5.97 Å². The van der Waals surface area contributed by atoms with E-state index in [4.69, 9.17) is 18.9 Å². The van der Waals surface area contributed by atoms with Crippen molar-refractivity contribution in [3.63, 3.8) is 0 Å². The molecule has 0 fully saturated rings. The number of pyridine rings is 1. The molecule has 0 aliphatic rings. The number of benzene rings is 2. The van der Waals surface area contributed by atoms with E-state index in [-0.39, 0.29) is 17.9 Å². The average molecular weight is 371 g/mol. The van der Waals surface area contributed by atoms with Crippen molar-refractivity contribution < 1.29 is 28.1 Å². The van der Waals surface area contributed by atoms with Crippen LogP contribution in [0.5, 0.6) is 23.0 Å². The summed E-state index contributed by atoms with van der Waals surface area (Å²) in [6, 6.07) is 8.77. The molecule has 0 unspecified atom stereocenters. The molecule has 27 heavy (non-hydrogen) atoms. The second-order valence-corrected chi connectivity index (χ2v) is 5.50. The molecule has 7 heteroatoms. The van der Waals surface area contributed by atoms with Gasteiger partial charge in [0.2, 0.25) is 0 Å². The van der Waals surface area contributed by atoms with E-state index in [9.17, 15) is 9.18 Å². The number of hydrogen-bond donors (Lipinski definition) is 0. The van der Waals surface area contributed by atoms with Crippen molar-refractivity contribution in [2.75, 3.05) is 20.8 Å². The van der Waals surface area contributed by atoms with Crippen molar-refractivity contribution in [1.82, 2.24) is 4.98 Å². The van der Waals surface area contributed by atoms with E-state index >= 15 is 0 Å². The summed E-state index contributed by atoms with van der Waals surface area (Å²) < 4.78 is 35.1. The summed E-state index contributed by atoms with van der Waals surface area (Å²) in [7, 11) is 3.06. The first kappa shape index (κ1) is 18.4. The maximum atomic E-state index is 13.6. The summed E-state index contributed by atoms with van der Waals surface area (Å²) in [6.45, 7) is 1.84. The number of carbonyl (C=O) groups excluding carboxylic acids is 1. The summed E-state index contributed by atoms with van der Waals surface area (Å²) in [6.07, 6.45) is 1.57. The highest BCUT2D eigenvalue weighted by Gasteiger charge is 2.17. The van der Waals surface area contributed by atoms with Crippen molar-refractivity contribution in [2.24, 2.45) is 0 Å². The van der Waals surface area contributed by atoms with Crippen LogP contribution < -0.4 is 14.2 Å². The molecule has 2 aromatic carbocycles. The predicted octanol–water partition coefficient (Wildman–Crippen LogP) is 4.36. The number of hydrogen-bond acceptors (Lipinski definition) is 6. The van der Waals surface area contributed by atoms with Gasteiger partial charge in [-0.15, -0.1) is 0 Å². The Balaban J connectivity index is 2.08. The number of nitrogens with zero attached hydrogens (tertiary/aromatic N) is 1. The van der Waals surface area contributed by atoms with Crippen molar-refractivity contribution in [1.29, 1.82) is 0 Å². The fraction of sp³-hybridized carbons (Fsp3) is 0.200. The van der Waals surface area contributed by atoms with E-state index in [0.29, 0.717) is 28.2 Å². The molecule has 0 spiro atoms.